The lowest BCUT2D eigenvalue weighted by molar-refractivity contribution is -0.137. The maximum atomic E-state index is 13.5. The van der Waals surface area contributed by atoms with E-state index in [4.69, 9.17) is 16.6 Å². The fraction of sp³-hybridized carbons (Fsp3) is 0.317. The molecule has 0 fully saturated rings. The molecule has 0 radical (unpaired) electrons. The summed E-state index contributed by atoms with van der Waals surface area (Å²) in [5.41, 5.74) is 4.34. The molecule has 26 nitrogen and oxygen atoms in total. The molecule has 3 amide bonds. The minimum atomic E-state index is -1.09. The Balaban J connectivity index is 0.000000211. The molecule has 8 aromatic heterocycles. The number of nitrogens with one attached hydrogen (secondary N) is 3. The highest BCUT2D eigenvalue weighted by Gasteiger charge is 2.27. The van der Waals surface area contributed by atoms with Crippen LogP contribution in [0.2, 0.25) is 5.15 Å². The lowest BCUT2D eigenvalue weighted by Gasteiger charge is -2.27. The Morgan fingerprint density at radius 1 is 0.533 bits per heavy atom. The van der Waals surface area contributed by atoms with Gasteiger partial charge in [-0.25, -0.2) is 34.1 Å². The SMILES string of the molecule is CCN(CC)c1ncc(N(CC)C(=O)c2ccncc2)c(=O)[nH]1.CCN(CC)c1ncc(N(CC)C(=O)c2ccncc2)c(Cl)n1.CCN(CC)c1ncc(N(CC)C(=O)c2ccncc2)c(N[C@@H](Cc2ccc(-n3c(=O)[nH]c4cccnc43)cc2)C(=O)O)n1. The molecule has 9 rings (SSSR count). The highest BCUT2D eigenvalue weighted by molar-refractivity contribution is 6.33. The molecule has 0 aliphatic heterocycles. The fourth-order valence-corrected chi connectivity index (χ4v) is 9.78. The van der Waals surface area contributed by atoms with E-state index in [-0.39, 0.29) is 52.0 Å². The smallest absolute Gasteiger partial charge is 0.332 e. The molecule has 0 saturated heterocycles. The van der Waals surface area contributed by atoms with Gasteiger partial charge in [0.25, 0.3) is 23.3 Å². The van der Waals surface area contributed by atoms with E-state index in [0.717, 1.165) is 26.2 Å². The molecule has 9 aromatic rings. The standard InChI is InChI=1S/C31H33N9O4.C16H20ClN5O.C16H21N5O2/c1-4-38(5-2)30-34-19-25(39(6-3)28(41)21-13-16-32-17-14-21)26(37-30)35-24(29(42)43)18-20-9-11-22(12-10-20)40-27-23(36-31(40)44)8-7-15-33-27;1-4-21(5-2)16-19-11-13(14(17)20-16)22(6-3)15(23)12-7-9-18-10-8-12;1-4-20(5-2)16-18-11-13(14(22)19-16)21(6-3)15(23)12-7-9-17-10-8-12/h7-17,19,24H,4-6,18H2,1-3H3,(H,36,44)(H,42,43)(H,34,35,37);7-11H,4-6H2,1-3H3;7-11H,4-6H2,1-3H3,(H,18,19,22)/t24-;;/m0../s1. The van der Waals surface area contributed by atoms with Crippen LogP contribution in [0.1, 0.15) is 99.0 Å². The zero-order valence-corrected chi connectivity index (χ0v) is 52.5. The molecule has 90 heavy (non-hydrogen) atoms. The number of imidazole rings is 1. The summed E-state index contributed by atoms with van der Waals surface area (Å²) in [4.78, 5) is 130. The molecule has 0 spiro atoms. The number of carboxylic acid groups (broad SMARTS) is 1. The molecule has 8 heterocycles. The van der Waals surface area contributed by atoms with Crippen molar-refractivity contribution in [3.63, 3.8) is 0 Å². The van der Waals surface area contributed by atoms with Crippen molar-refractivity contribution >= 4 is 87.2 Å². The molecule has 1 aromatic carbocycles. The van der Waals surface area contributed by atoms with E-state index >= 15 is 0 Å². The Kier molecular flexibility index (Phi) is 24.2. The summed E-state index contributed by atoms with van der Waals surface area (Å²) in [6, 6.07) is 19.3. The van der Waals surface area contributed by atoms with Crippen molar-refractivity contribution in [3.8, 4) is 5.69 Å². The Labute approximate surface area is 525 Å². The van der Waals surface area contributed by atoms with Crippen molar-refractivity contribution in [2.45, 2.75) is 74.8 Å². The summed E-state index contributed by atoms with van der Waals surface area (Å²) in [5, 5.41) is 13.6. The molecule has 27 heteroatoms. The number of aromatic nitrogens is 12. The number of anilines is 7. The van der Waals surface area contributed by atoms with Crippen LogP contribution in [-0.4, -0.2) is 153 Å². The van der Waals surface area contributed by atoms with Crippen LogP contribution in [0.15, 0.2) is 144 Å². The number of fused-ring (bicyclic) bond motifs is 1. The summed E-state index contributed by atoms with van der Waals surface area (Å²) in [6.45, 7) is 23.0. The summed E-state index contributed by atoms with van der Waals surface area (Å²) in [6.07, 6.45) is 15.7. The number of carboxylic acids is 1. The predicted octanol–water partition coefficient (Wildman–Crippen LogP) is 8.24. The minimum Gasteiger partial charge on any atom is -0.480 e. The number of benzene rings is 1. The molecule has 0 saturated carbocycles. The van der Waals surface area contributed by atoms with Crippen LogP contribution in [-0.2, 0) is 11.2 Å². The first-order valence-electron chi connectivity index (χ1n) is 29.6. The summed E-state index contributed by atoms with van der Waals surface area (Å²) in [5.74, 6) is -0.0714. The number of hydrogen-bond acceptors (Lipinski definition) is 19. The number of carbonyl (C=O) groups excluding carboxylic acids is 3. The van der Waals surface area contributed by atoms with E-state index in [2.05, 4.69) is 55.2 Å². The number of halogens is 1. The number of rotatable bonds is 24. The van der Waals surface area contributed by atoms with Gasteiger partial charge in [0, 0.05) is 125 Å². The second kappa shape index (κ2) is 32.5. The zero-order chi connectivity index (χ0) is 64.9. The molecular formula is C63H74ClN19O7. The van der Waals surface area contributed by atoms with Crippen molar-refractivity contribution in [1.82, 2.24) is 59.4 Å². The Bertz CT molecular complexity index is 3940. The molecule has 4 N–H and O–H groups in total. The normalized spacial score (nSPS) is 11.0. The highest BCUT2D eigenvalue weighted by Crippen LogP contribution is 2.30. The molecule has 0 aliphatic rings. The average Bonchev–Trinajstić information content (AvgIpc) is 1.56. The van der Waals surface area contributed by atoms with Gasteiger partial charge in [-0.05, 0) is 129 Å². The third-order valence-electron chi connectivity index (χ3n) is 14.4. The van der Waals surface area contributed by atoms with Crippen LogP contribution in [0.4, 0.5) is 40.7 Å². The molecule has 0 unspecified atom stereocenters. The highest BCUT2D eigenvalue weighted by atomic mass is 35.5. The monoisotopic (exact) mass is 1240 g/mol. The topological polar surface area (TPSA) is 307 Å². The van der Waals surface area contributed by atoms with Crippen molar-refractivity contribution < 1.29 is 24.3 Å². The number of amides is 3. The van der Waals surface area contributed by atoms with Gasteiger partial charge in [0.1, 0.15) is 23.1 Å². The number of H-pyrrole nitrogens is 2. The number of pyridine rings is 4. The minimum absolute atomic E-state index is 0.102. The van der Waals surface area contributed by atoms with Crippen molar-refractivity contribution in [3.05, 3.63) is 183 Å². The van der Waals surface area contributed by atoms with E-state index in [1.54, 1.807) is 121 Å². The van der Waals surface area contributed by atoms with Gasteiger partial charge in [-0.2, -0.15) is 9.97 Å². The Hall–Kier alpha value is -10.5. The van der Waals surface area contributed by atoms with Gasteiger partial charge in [0.2, 0.25) is 17.8 Å². The van der Waals surface area contributed by atoms with Crippen LogP contribution >= 0.6 is 11.6 Å². The molecular weight excluding hydrogens is 1170 g/mol. The third kappa shape index (κ3) is 16.2. The van der Waals surface area contributed by atoms with E-state index in [1.807, 2.05) is 77.0 Å². The first-order chi connectivity index (χ1) is 43.6. The van der Waals surface area contributed by atoms with Crippen molar-refractivity contribution in [2.24, 2.45) is 0 Å². The van der Waals surface area contributed by atoms with Gasteiger partial charge in [0.15, 0.2) is 16.6 Å². The van der Waals surface area contributed by atoms with Crippen LogP contribution in [0.25, 0.3) is 16.9 Å². The van der Waals surface area contributed by atoms with E-state index in [0.29, 0.717) is 101 Å². The van der Waals surface area contributed by atoms with Gasteiger partial charge in [0.05, 0.1) is 29.8 Å². The molecule has 470 valence electrons. The molecule has 0 bridgehead atoms. The number of carbonyl (C=O) groups is 4. The second-order valence-electron chi connectivity index (χ2n) is 19.6. The number of hydrogen-bond donors (Lipinski definition) is 4. The van der Waals surface area contributed by atoms with Gasteiger partial charge in [-0.1, -0.05) is 23.7 Å². The number of aromatic amines is 2. The largest absolute Gasteiger partial charge is 0.480 e. The first kappa shape index (κ1) is 67.0. The Morgan fingerprint density at radius 2 is 0.989 bits per heavy atom. The van der Waals surface area contributed by atoms with Crippen molar-refractivity contribution in [2.75, 3.05) is 93.6 Å². The third-order valence-corrected chi connectivity index (χ3v) is 14.7. The number of nitrogens with zero attached hydrogens (tertiary/aromatic N) is 16. The fourth-order valence-electron chi connectivity index (χ4n) is 9.55. The van der Waals surface area contributed by atoms with E-state index in [1.165, 1.54) is 33.0 Å². The summed E-state index contributed by atoms with van der Waals surface area (Å²) < 4.78 is 1.47. The predicted molar refractivity (Wildman–Crippen MR) is 350 cm³/mol. The molecule has 1 atom stereocenters. The summed E-state index contributed by atoms with van der Waals surface area (Å²) in [7, 11) is 0. The summed E-state index contributed by atoms with van der Waals surface area (Å²) >= 11 is 6.31. The lowest BCUT2D eigenvalue weighted by atomic mass is 10.1. The average molecular weight is 1240 g/mol. The first-order valence-corrected chi connectivity index (χ1v) is 30.0. The van der Waals surface area contributed by atoms with Gasteiger partial charge < -0.3 is 44.8 Å². The van der Waals surface area contributed by atoms with Crippen LogP contribution < -0.4 is 46.0 Å². The van der Waals surface area contributed by atoms with Crippen molar-refractivity contribution in [1.29, 1.82) is 0 Å². The maximum Gasteiger partial charge on any atom is 0.332 e. The van der Waals surface area contributed by atoms with Gasteiger partial charge in [-0.15, -0.1) is 0 Å². The van der Waals surface area contributed by atoms with Crippen LogP contribution in [0.3, 0.4) is 0 Å². The second-order valence-corrected chi connectivity index (χ2v) is 19.9. The van der Waals surface area contributed by atoms with E-state index < -0.39 is 12.0 Å². The number of aliphatic carboxylic acids is 1. The zero-order valence-electron chi connectivity index (χ0n) is 51.8. The van der Waals surface area contributed by atoms with E-state index in [9.17, 15) is 33.9 Å². The maximum absolute atomic E-state index is 13.5. The quantitative estimate of drug-likeness (QED) is 0.0414. The molecule has 0 aliphatic carbocycles. The van der Waals surface area contributed by atoms with Crippen LogP contribution in [0.5, 0.6) is 0 Å². The Morgan fingerprint density at radius 3 is 1.44 bits per heavy atom. The van der Waals surface area contributed by atoms with Gasteiger partial charge in [-0.3, -0.25) is 39.1 Å². The van der Waals surface area contributed by atoms with Crippen LogP contribution in [0, 0.1) is 0 Å². The lowest BCUT2D eigenvalue weighted by Crippen LogP contribution is -2.36. The van der Waals surface area contributed by atoms with Gasteiger partial charge >= 0.3 is 11.7 Å².